The van der Waals surface area contributed by atoms with Crippen molar-refractivity contribution in [2.45, 2.75) is 23.6 Å². The summed E-state index contributed by atoms with van der Waals surface area (Å²) in [7, 11) is -7.97. The van der Waals surface area contributed by atoms with Crippen molar-refractivity contribution >= 4 is 54.6 Å². The van der Waals surface area contributed by atoms with Gasteiger partial charge in [0.15, 0.2) is 0 Å². The molecule has 39 heavy (non-hydrogen) atoms. The molecule has 0 heterocycles. The smallest absolute Gasteiger partial charge is 0.264 e. The number of para-hydroxylation sites is 1. The molecule has 2 N–H and O–H groups in total. The van der Waals surface area contributed by atoms with Crippen LogP contribution in [0.15, 0.2) is 107 Å². The fourth-order valence-electron chi connectivity index (χ4n) is 3.76. The Balaban J connectivity index is 1.57. The van der Waals surface area contributed by atoms with E-state index in [-0.39, 0.29) is 15.5 Å². The fourth-order valence-corrected chi connectivity index (χ4v) is 6.46. The maximum absolute atomic E-state index is 13.6. The van der Waals surface area contributed by atoms with Crippen LogP contribution >= 0.6 is 11.6 Å². The average Bonchev–Trinajstić information content (AvgIpc) is 2.89. The first-order valence-electron chi connectivity index (χ1n) is 11.8. The van der Waals surface area contributed by atoms with Gasteiger partial charge in [0.1, 0.15) is 6.54 Å². The first kappa shape index (κ1) is 28.2. The molecule has 0 bridgehead atoms. The molecule has 0 atom stereocenters. The number of halogens is 1. The van der Waals surface area contributed by atoms with E-state index in [0.29, 0.717) is 22.0 Å². The topological polar surface area (TPSA) is 113 Å². The van der Waals surface area contributed by atoms with Crippen LogP contribution in [0.25, 0.3) is 0 Å². The third kappa shape index (κ3) is 6.78. The number of anilines is 3. The van der Waals surface area contributed by atoms with Crippen LogP contribution in [0.2, 0.25) is 5.02 Å². The fraction of sp³-hybridized carbons (Fsp3) is 0.107. The normalized spacial score (nSPS) is 11.6. The third-order valence-electron chi connectivity index (χ3n) is 5.81. The predicted octanol–water partition coefficient (Wildman–Crippen LogP) is 5.59. The van der Waals surface area contributed by atoms with Gasteiger partial charge < -0.3 is 5.32 Å². The van der Waals surface area contributed by atoms with Crippen LogP contribution in [-0.4, -0.2) is 29.3 Å². The number of hydrogen-bond acceptors (Lipinski definition) is 5. The Morgan fingerprint density at radius 2 is 1.38 bits per heavy atom. The molecule has 0 fully saturated rings. The number of nitrogens with one attached hydrogen (secondary N) is 2. The quantitative estimate of drug-likeness (QED) is 0.267. The van der Waals surface area contributed by atoms with E-state index in [4.69, 9.17) is 11.6 Å². The zero-order valence-electron chi connectivity index (χ0n) is 21.1. The highest BCUT2D eigenvalue weighted by molar-refractivity contribution is 7.93. The van der Waals surface area contributed by atoms with E-state index in [1.54, 1.807) is 61.5 Å². The Hall–Kier alpha value is -3.86. The molecule has 0 aliphatic rings. The number of nitrogens with zero attached hydrogens (tertiary/aromatic N) is 1. The summed E-state index contributed by atoms with van der Waals surface area (Å²) in [6.07, 6.45) is 0. The molecule has 0 aromatic heterocycles. The van der Waals surface area contributed by atoms with Gasteiger partial charge in [-0.25, -0.2) is 16.8 Å². The average molecular weight is 584 g/mol. The first-order valence-corrected chi connectivity index (χ1v) is 15.1. The summed E-state index contributed by atoms with van der Waals surface area (Å²) in [4.78, 5) is 13.1. The second-order valence-corrected chi connectivity index (χ2v) is 12.8. The molecule has 8 nitrogen and oxygen atoms in total. The lowest BCUT2D eigenvalue weighted by Crippen LogP contribution is -2.38. The maximum atomic E-state index is 13.6. The van der Waals surface area contributed by atoms with Crippen molar-refractivity contribution in [3.63, 3.8) is 0 Å². The highest BCUT2D eigenvalue weighted by Gasteiger charge is 2.28. The number of sulfonamides is 2. The molecule has 0 aliphatic carbocycles. The lowest BCUT2D eigenvalue weighted by molar-refractivity contribution is -0.114. The number of benzene rings is 4. The molecule has 0 saturated heterocycles. The second-order valence-electron chi connectivity index (χ2n) is 8.80. The molecule has 0 saturated carbocycles. The van der Waals surface area contributed by atoms with Gasteiger partial charge in [0.2, 0.25) is 5.91 Å². The van der Waals surface area contributed by atoms with E-state index in [1.807, 2.05) is 6.92 Å². The van der Waals surface area contributed by atoms with Gasteiger partial charge in [0.05, 0.1) is 15.5 Å². The molecule has 4 rings (SSSR count). The van der Waals surface area contributed by atoms with Crippen molar-refractivity contribution in [1.82, 2.24) is 0 Å². The SMILES string of the molecule is Cc1ccc(S(=O)(=O)N(CC(=O)Nc2ccc(S(=O)(=O)Nc3ccccc3)cc2)c2cc(Cl)ccc2C)cc1. The number of rotatable bonds is 9. The Bertz CT molecular complexity index is 1690. The molecular formula is C28H26ClN3O5S2. The number of hydrogen-bond donors (Lipinski definition) is 2. The number of aryl methyl sites for hydroxylation is 2. The second kappa shape index (κ2) is 11.5. The zero-order valence-corrected chi connectivity index (χ0v) is 23.5. The molecule has 4 aromatic rings. The summed E-state index contributed by atoms with van der Waals surface area (Å²) in [6, 6.07) is 25.2. The van der Waals surface area contributed by atoms with Gasteiger partial charge in [-0.3, -0.25) is 13.8 Å². The molecular weight excluding hydrogens is 558 g/mol. The summed E-state index contributed by atoms with van der Waals surface area (Å²) < 4.78 is 56.1. The molecule has 1 amide bonds. The standard InChI is InChI=1S/C28H26ClN3O5S2/c1-20-8-14-26(15-9-20)39(36,37)32(27-18-22(29)11-10-21(27)2)19-28(33)30-23-12-16-25(17-13-23)38(34,35)31-24-6-4-3-5-7-24/h3-18,31H,19H2,1-2H3,(H,30,33). The highest BCUT2D eigenvalue weighted by atomic mass is 35.5. The summed E-state index contributed by atoms with van der Waals surface area (Å²) >= 11 is 6.17. The van der Waals surface area contributed by atoms with Crippen LogP contribution in [0.4, 0.5) is 17.1 Å². The van der Waals surface area contributed by atoms with E-state index >= 15 is 0 Å². The summed E-state index contributed by atoms with van der Waals surface area (Å²) in [6.45, 7) is 3.04. The van der Waals surface area contributed by atoms with Crippen LogP contribution in [0.1, 0.15) is 11.1 Å². The summed E-state index contributed by atoms with van der Waals surface area (Å²) in [5.41, 5.74) is 2.49. The molecule has 4 aromatic carbocycles. The molecule has 0 aliphatic heterocycles. The van der Waals surface area contributed by atoms with Gasteiger partial charge in [0, 0.05) is 16.4 Å². The Labute approximate surface area is 233 Å². The van der Waals surface area contributed by atoms with Gasteiger partial charge in [-0.05, 0) is 80.1 Å². The molecule has 202 valence electrons. The van der Waals surface area contributed by atoms with Crippen LogP contribution in [-0.2, 0) is 24.8 Å². The van der Waals surface area contributed by atoms with Gasteiger partial charge in [-0.15, -0.1) is 0 Å². The zero-order chi connectivity index (χ0) is 28.2. The molecule has 11 heteroatoms. The largest absolute Gasteiger partial charge is 0.325 e. The number of carbonyl (C=O) groups is 1. The van der Waals surface area contributed by atoms with E-state index < -0.39 is 32.5 Å². The monoisotopic (exact) mass is 583 g/mol. The van der Waals surface area contributed by atoms with Crippen LogP contribution in [0.3, 0.4) is 0 Å². The van der Waals surface area contributed by atoms with Gasteiger partial charge in [-0.1, -0.05) is 53.6 Å². The minimum atomic E-state index is -4.13. The van der Waals surface area contributed by atoms with E-state index in [1.165, 1.54) is 42.5 Å². The molecule has 0 unspecified atom stereocenters. The third-order valence-corrected chi connectivity index (χ3v) is 9.22. The van der Waals surface area contributed by atoms with E-state index in [0.717, 1.165) is 9.87 Å². The Kier molecular flexibility index (Phi) is 8.29. The van der Waals surface area contributed by atoms with Crippen molar-refractivity contribution in [3.8, 4) is 0 Å². The minimum Gasteiger partial charge on any atom is -0.325 e. The predicted molar refractivity (Wildman–Crippen MR) is 154 cm³/mol. The van der Waals surface area contributed by atoms with Crippen LogP contribution in [0.5, 0.6) is 0 Å². The van der Waals surface area contributed by atoms with Crippen LogP contribution in [0, 0.1) is 13.8 Å². The number of carbonyl (C=O) groups excluding carboxylic acids is 1. The first-order chi connectivity index (χ1) is 18.5. The Morgan fingerprint density at radius 3 is 2.03 bits per heavy atom. The van der Waals surface area contributed by atoms with E-state index in [9.17, 15) is 21.6 Å². The molecule has 0 spiro atoms. The molecule has 0 radical (unpaired) electrons. The maximum Gasteiger partial charge on any atom is 0.264 e. The van der Waals surface area contributed by atoms with E-state index in [2.05, 4.69) is 10.0 Å². The number of amides is 1. The highest BCUT2D eigenvalue weighted by Crippen LogP contribution is 2.30. The van der Waals surface area contributed by atoms with Gasteiger partial charge in [0.25, 0.3) is 20.0 Å². The van der Waals surface area contributed by atoms with Crippen molar-refractivity contribution < 1.29 is 21.6 Å². The van der Waals surface area contributed by atoms with Crippen molar-refractivity contribution in [1.29, 1.82) is 0 Å². The summed E-state index contributed by atoms with van der Waals surface area (Å²) in [5.74, 6) is -0.622. The van der Waals surface area contributed by atoms with Gasteiger partial charge >= 0.3 is 0 Å². The minimum absolute atomic E-state index is 0.00230. The van der Waals surface area contributed by atoms with Crippen molar-refractivity contribution in [2.24, 2.45) is 0 Å². The lowest BCUT2D eigenvalue weighted by atomic mass is 10.2. The van der Waals surface area contributed by atoms with Crippen molar-refractivity contribution in [3.05, 3.63) is 113 Å². The van der Waals surface area contributed by atoms with Crippen molar-refractivity contribution in [2.75, 3.05) is 20.9 Å². The lowest BCUT2D eigenvalue weighted by Gasteiger charge is -2.26. The van der Waals surface area contributed by atoms with Crippen LogP contribution < -0.4 is 14.3 Å². The van der Waals surface area contributed by atoms with Gasteiger partial charge in [-0.2, -0.15) is 0 Å². The Morgan fingerprint density at radius 1 is 0.769 bits per heavy atom. The summed E-state index contributed by atoms with van der Waals surface area (Å²) in [5, 5.41) is 2.96.